The molecule has 3 aromatic rings. The minimum atomic E-state index is -3.16. The van der Waals surface area contributed by atoms with Gasteiger partial charge in [-0.15, -0.1) is 0 Å². The predicted octanol–water partition coefficient (Wildman–Crippen LogP) is 2.02. The van der Waals surface area contributed by atoms with E-state index in [1.807, 2.05) is 24.5 Å². The predicted molar refractivity (Wildman–Crippen MR) is 138 cm³/mol. The molecule has 0 spiro atoms. The molecular formula is C27H33N4O4S+. The molecule has 2 aliphatic heterocycles. The van der Waals surface area contributed by atoms with Gasteiger partial charge in [0.15, 0.2) is 0 Å². The van der Waals surface area contributed by atoms with E-state index in [1.165, 1.54) is 26.6 Å². The molecule has 0 bridgehead atoms. The van der Waals surface area contributed by atoms with Crippen LogP contribution in [0.5, 0.6) is 5.75 Å². The number of aryl methyl sites for hydroxylation is 1. The zero-order valence-electron chi connectivity index (χ0n) is 20.7. The van der Waals surface area contributed by atoms with E-state index < -0.39 is 10.0 Å². The highest BCUT2D eigenvalue weighted by molar-refractivity contribution is 7.88. The summed E-state index contributed by atoms with van der Waals surface area (Å²) in [5, 5.41) is 0. The van der Waals surface area contributed by atoms with Gasteiger partial charge in [-0.3, -0.25) is 4.90 Å². The number of sulfonamides is 1. The van der Waals surface area contributed by atoms with Gasteiger partial charge >= 0.3 is 5.95 Å². The lowest BCUT2D eigenvalue weighted by atomic mass is 10.0. The van der Waals surface area contributed by atoms with E-state index in [1.54, 1.807) is 0 Å². The summed E-state index contributed by atoms with van der Waals surface area (Å²) in [6.45, 7) is 4.93. The van der Waals surface area contributed by atoms with Gasteiger partial charge in [0.1, 0.15) is 18.8 Å². The second-order valence-corrected chi connectivity index (χ2v) is 11.4. The van der Waals surface area contributed by atoms with Crippen LogP contribution in [0, 0.1) is 0 Å². The fourth-order valence-corrected chi connectivity index (χ4v) is 5.50. The monoisotopic (exact) mass is 509 g/mol. The Hall–Kier alpha value is -2.85. The van der Waals surface area contributed by atoms with Crippen LogP contribution in [-0.4, -0.2) is 68.4 Å². The lowest BCUT2D eigenvalue weighted by Crippen LogP contribution is -3.10. The Morgan fingerprint density at radius 2 is 1.75 bits per heavy atom. The molecule has 9 heteroatoms. The van der Waals surface area contributed by atoms with E-state index in [0.29, 0.717) is 26.1 Å². The Balaban J connectivity index is 1.09. The number of morpholine rings is 1. The van der Waals surface area contributed by atoms with E-state index in [4.69, 9.17) is 9.47 Å². The van der Waals surface area contributed by atoms with Gasteiger partial charge in [0, 0.05) is 31.0 Å². The minimum Gasteiger partial charge on any atom is -0.494 e. The highest BCUT2D eigenvalue weighted by Crippen LogP contribution is 2.25. The Kier molecular flexibility index (Phi) is 7.62. The van der Waals surface area contributed by atoms with Gasteiger partial charge in [0.25, 0.3) is 0 Å². The van der Waals surface area contributed by atoms with E-state index in [0.717, 1.165) is 67.5 Å². The molecular weight excluding hydrogens is 476 g/mol. The number of aromatic nitrogens is 2. The summed E-state index contributed by atoms with van der Waals surface area (Å²) in [6.07, 6.45) is 7.65. The third kappa shape index (κ3) is 6.10. The Labute approximate surface area is 212 Å². The average molecular weight is 510 g/mol. The first kappa shape index (κ1) is 24.8. The van der Waals surface area contributed by atoms with Crippen LogP contribution in [0.3, 0.4) is 0 Å². The van der Waals surface area contributed by atoms with Gasteiger partial charge in [0.2, 0.25) is 10.0 Å². The molecule has 190 valence electrons. The number of ether oxygens (including phenoxy) is 2. The number of quaternary nitrogens is 1. The summed E-state index contributed by atoms with van der Waals surface area (Å²) in [7, 11) is -3.16. The van der Waals surface area contributed by atoms with Gasteiger partial charge in [-0.2, -0.15) is 14.3 Å². The Bertz CT molecular complexity index is 1270. The Morgan fingerprint density at radius 1 is 1.00 bits per heavy atom. The molecule has 0 amide bonds. The normalized spacial score (nSPS) is 17.0. The Morgan fingerprint density at radius 3 is 2.47 bits per heavy atom. The van der Waals surface area contributed by atoms with Crippen molar-refractivity contribution >= 4 is 16.0 Å². The van der Waals surface area contributed by atoms with Crippen molar-refractivity contribution in [2.45, 2.75) is 25.8 Å². The zero-order chi connectivity index (χ0) is 25.0. The molecule has 0 atom stereocenters. The number of rotatable bonds is 8. The number of hydrogen-bond acceptors (Lipinski definition) is 6. The fraction of sp³-hybridized carbons (Fsp3) is 0.407. The van der Waals surface area contributed by atoms with Crippen molar-refractivity contribution in [2.24, 2.45) is 0 Å². The molecule has 2 aliphatic rings. The van der Waals surface area contributed by atoms with Gasteiger partial charge in [-0.25, -0.2) is 8.42 Å². The largest absolute Gasteiger partial charge is 0.494 e. The maximum absolute atomic E-state index is 11.8. The van der Waals surface area contributed by atoms with Crippen LogP contribution in [0.4, 0.5) is 5.95 Å². The minimum absolute atomic E-state index is 0.440. The van der Waals surface area contributed by atoms with Crippen LogP contribution in [0.25, 0.3) is 11.1 Å². The summed E-state index contributed by atoms with van der Waals surface area (Å²) in [4.78, 5) is 10.4. The second-order valence-electron chi connectivity index (χ2n) is 9.44. The topological polar surface area (TPSA) is 86.1 Å². The number of nitrogens with zero attached hydrogens (tertiary/aromatic N) is 3. The molecule has 0 unspecified atom stereocenters. The maximum Gasteiger partial charge on any atom is 0.327 e. The standard InChI is InChI=1S/C27H32N4O4S/c1-36(32,33)31-11-10-23-17-26(9-8-24(23)20-31)35-14-2-3-21-4-6-22(7-5-21)25-18-28-27(29-19-25)30-12-15-34-16-13-30/h4-9,17-19H,2-3,10-16,20H2,1H3/p+1. The number of nitrogens with one attached hydrogen (secondary N) is 1. The first-order valence-corrected chi connectivity index (χ1v) is 14.3. The van der Waals surface area contributed by atoms with Gasteiger partial charge < -0.3 is 9.47 Å². The quantitative estimate of drug-likeness (QED) is 0.468. The molecule has 0 aliphatic carbocycles. The van der Waals surface area contributed by atoms with Gasteiger partial charge in [0.05, 0.1) is 26.1 Å². The van der Waals surface area contributed by atoms with Crippen LogP contribution >= 0.6 is 0 Å². The summed E-state index contributed by atoms with van der Waals surface area (Å²) in [6, 6.07) is 14.5. The van der Waals surface area contributed by atoms with Crippen molar-refractivity contribution < 1.29 is 22.8 Å². The summed E-state index contributed by atoms with van der Waals surface area (Å²) in [5.41, 5.74) is 5.63. The zero-order valence-corrected chi connectivity index (χ0v) is 21.5. The highest BCUT2D eigenvalue weighted by Gasteiger charge is 2.23. The number of benzene rings is 2. The average Bonchev–Trinajstić information content (AvgIpc) is 2.91. The molecule has 36 heavy (non-hydrogen) atoms. The van der Waals surface area contributed by atoms with E-state index in [-0.39, 0.29) is 0 Å². The SMILES string of the molecule is CS(=O)(=O)N1CCc2cc(OCCCc3ccc(-c4cnc([NH+]5CCOCC5)nc4)cc3)ccc2C1. The van der Waals surface area contributed by atoms with Crippen molar-refractivity contribution in [2.75, 3.05) is 45.7 Å². The summed E-state index contributed by atoms with van der Waals surface area (Å²) < 4.78 is 36.5. The van der Waals surface area contributed by atoms with Crippen LogP contribution in [-0.2, 0) is 34.1 Å². The molecule has 8 nitrogen and oxygen atoms in total. The molecule has 1 aromatic heterocycles. The third-order valence-electron chi connectivity index (χ3n) is 6.85. The van der Waals surface area contributed by atoms with Crippen LogP contribution in [0.15, 0.2) is 54.9 Å². The first-order chi connectivity index (χ1) is 17.5. The van der Waals surface area contributed by atoms with Crippen molar-refractivity contribution in [1.82, 2.24) is 14.3 Å². The van der Waals surface area contributed by atoms with Gasteiger partial charge in [-0.1, -0.05) is 30.3 Å². The van der Waals surface area contributed by atoms with Crippen LogP contribution in [0.1, 0.15) is 23.1 Å². The molecule has 1 fully saturated rings. The molecule has 0 saturated carbocycles. The lowest BCUT2D eigenvalue weighted by molar-refractivity contribution is -0.847. The van der Waals surface area contributed by atoms with Crippen molar-refractivity contribution in [3.05, 3.63) is 71.5 Å². The molecule has 1 saturated heterocycles. The first-order valence-electron chi connectivity index (χ1n) is 12.5. The molecule has 5 rings (SSSR count). The van der Waals surface area contributed by atoms with Crippen LogP contribution < -0.4 is 9.64 Å². The summed E-state index contributed by atoms with van der Waals surface area (Å²) >= 11 is 0. The lowest BCUT2D eigenvalue weighted by Gasteiger charge is -2.27. The third-order valence-corrected chi connectivity index (χ3v) is 8.10. The molecule has 2 aromatic carbocycles. The second kappa shape index (κ2) is 11.0. The molecule has 1 N–H and O–H groups in total. The maximum atomic E-state index is 11.8. The van der Waals surface area contributed by atoms with E-state index in [2.05, 4.69) is 40.3 Å². The van der Waals surface area contributed by atoms with Crippen molar-refractivity contribution in [3.8, 4) is 16.9 Å². The molecule has 0 radical (unpaired) electrons. The molecule has 3 heterocycles. The fourth-order valence-electron chi connectivity index (χ4n) is 4.71. The highest BCUT2D eigenvalue weighted by atomic mass is 32.2. The van der Waals surface area contributed by atoms with E-state index in [9.17, 15) is 8.42 Å². The summed E-state index contributed by atoms with van der Waals surface area (Å²) in [5.74, 6) is 1.69. The van der Waals surface area contributed by atoms with Crippen molar-refractivity contribution in [1.29, 1.82) is 0 Å². The van der Waals surface area contributed by atoms with Crippen LogP contribution in [0.2, 0.25) is 0 Å². The number of hydrogen-bond donors (Lipinski definition) is 1. The number of fused-ring (bicyclic) bond motifs is 1. The van der Waals surface area contributed by atoms with Crippen molar-refractivity contribution in [3.63, 3.8) is 0 Å². The van der Waals surface area contributed by atoms with E-state index >= 15 is 0 Å². The smallest absolute Gasteiger partial charge is 0.327 e. The van der Waals surface area contributed by atoms with Gasteiger partial charge in [-0.05, 0) is 53.6 Å².